The summed E-state index contributed by atoms with van der Waals surface area (Å²) in [6, 6.07) is 11.1. The second-order valence-corrected chi connectivity index (χ2v) is 4.63. The number of anilines is 1. The molecule has 0 fully saturated rings. The number of carbonyl (C=O) groups excluding carboxylic acids is 1. The lowest BCUT2D eigenvalue weighted by Crippen LogP contribution is -2.27. The molecular weight excluding hydrogens is 272 g/mol. The van der Waals surface area contributed by atoms with E-state index in [4.69, 9.17) is 0 Å². The van der Waals surface area contributed by atoms with Gasteiger partial charge in [-0.25, -0.2) is 0 Å². The minimum atomic E-state index is -0.757. The van der Waals surface area contributed by atoms with E-state index in [0.717, 1.165) is 5.56 Å². The first-order valence-electron chi connectivity index (χ1n) is 6.23. The molecule has 108 valence electrons. The smallest absolute Gasteiger partial charge is 0.323 e. The second-order valence-electron chi connectivity index (χ2n) is 4.63. The van der Waals surface area contributed by atoms with E-state index in [2.05, 4.69) is 0 Å². The van der Waals surface area contributed by atoms with Crippen LogP contribution in [0.2, 0.25) is 0 Å². The zero-order chi connectivity index (χ0) is 15.6. The lowest BCUT2D eigenvalue weighted by Gasteiger charge is -2.18. The van der Waals surface area contributed by atoms with Crippen molar-refractivity contribution in [2.75, 3.05) is 11.9 Å². The van der Waals surface area contributed by atoms with Gasteiger partial charge in [-0.3, -0.25) is 14.9 Å². The van der Waals surface area contributed by atoms with E-state index in [9.17, 15) is 20.0 Å². The fourth-order valence-electron chi connectivity index (χ4n) is 2.03. The fourth-order valence-corrected chi connectivity index (χ4v) is 2.03. The number of amides is 1. The monoisotopic (exact) mass is 286 g/mol. The molecule has 0 aromatic heterocycles. The van der Waals surface area contributed by atoms with Gasteiger partial charge in [-0.1, -0.05) is 18.2 Å². The molecule has 0 aliphatic carbocycles. The summed E-state index contributed by atoms with van der Waals surface area (Å²) in [5.74, 6) is -1.08. The zero-order valence-electron chi connectivity index (χ0n) is 11.6. The Morgan fingerprint density at radius 1 is 1.24 bits per heavy atom. The van der Waals surface area contributed by atoms with E-state index in [1.165, 1.54) is 30.1 Å². The van der Waals surface area contributed by atoms with E-state index in [1.807, 2.05) is 13.0 Å². The van der Waals surface area contributed by atoms with E-state index < -0.39 is 22.3 Å². The third kappa shape index (κ3) is 2.84. The Balaban J connectivity index is 2.45. The molecule has 0 heterocycles. The van der Waals surface area contributed by atoms with Crippen LogP contribution in [0.1, 0.15) is 15.9 Å². The Morgan fingerprint density at radius 3 is 2.52 bits per heavy atom. The number of nitrogens with zero attached hydrogens (tertiary/aromatic N) is 2. The van der Waals surface area contributed by atoms with E-state index in [1.54, 1.807) is 18.2 Å². The highest BCUT2D eigenvalue weighted by molar-refractivity contribution is 6.09. The summed E-state index contributed by atoms with van der Waals surface area (Å²) in [6.07, 6.45) is 0. The van der Waals surface area contributed by atoms with Gasteiger partial charge in [0.25, 0.3) is 5.91 Å². The predicted molar refractivity (Wildman–Crippen MR) is 78.7 cm³/mol. The molecule has 0 atom stereocenters. The number of benzene rings is 2. The predicted octanol–water partition coefficient (Wildman–Crippen LogP) is 2.89. The van der Waals surface area contributed by atoms with Crippen LogP contribution in [-0.4, -0.2) is 23.0 Å². The molecule has 0 bridgehead atoms. The number of nitro groups is 1. The average molecular weight is 286 g/mol. The lowest BCUT2D eigenvalue weighted by atomic mass is 10.1. The standard InChI is InChI=1S/C15H14N2O4/c1-10-5-3-6-11(9-10)16(2)15(19)12-7-4-8-13(18)14(12)17(20)21/h3-9,18H,1-2H3. The summed E-state index contributed by atoms with van der Waals surface area (Å²) in [6.45, 7) is 1.89. The third-order valence-corrected chi connectivity index (χ3v) is 3.12. The van der Waals surface area contributed by atoms with Crippen LogP contribution in [0.3, 0.4) is 0 Å². The van der Waals surface area contributed by atoms with Crippen molar-refractivity contribution < 1.29 is 14.8 Å². The maximum atomic E-state index is 12.4. The van der Waals surface area contributed by atoms with Crippen LogP contribution in [0.5, 0.6) is 5.75 Å². The van der Waals surface area contributed by atoms with E-state index in [0.29, 0.717) is 5.69 Å². The maximum absolute atomic E-state index is 12.4. The average Bonchev–Trinajstić information content (AvgIpc) is 2.45. The highest BCUT2D eigenvalue weighted by Crippen LogP contribution is 2.31. The number of nitro benzene ring substituents is 1. The molecule has 6 heteroatoms. The Hall–Kier alpha value is -2.89. The number of hydrogen-bond acceptors (Lipinski definition) is 4. The Labute approximate surface area is 121 Å². The Bertz CT molecular complexity index is 713. The summed E-state index contributed by atoms with van der Waals surface area (Å²) < 4.78 is 0. The minimum absolute atomic E-state index is 0.149. The first kappa shape index (κ1) is 14.5. The van der Waals surface area contributed by atoms with Crippen LogP contribution in [0.25, 0.3) is 0 Å². The van der Waals surface area contributed by atoms with Gasteiger partial charge in [0.1, 0.15) is 5.56 Å². The Kier molecular flexibility index (Phi) is 3.89. The van der Waals surface area contributed by atoms with Crippen molar-refractivity contribution in [3.05, 3.63) is 63.7 Å². The third-order valence-electron chi connectivity index (χ3n) is 3.12. The van der Waals surface area contributed by atoms with Crippen LogP contribution < -0.4 is 4.90 Å². The summed E-state index contributed by atoms with van der Waals surface area (Å²) >= 11 is 0. The number of para-hydroxylation sites is 1. The number of rotatable bonds is 3. The molecule has 0 unspecified atom stereocenters. The number of phenolic OH excluding ortho intramolecular Hbond substituents is 1. The molecule has 0 aliphatic rings. The largest absolute Gasteiger partial charge is 0.502 e. The molecular formula is C15H14N2O4. The number of phenols is 1. The quantitative estimate of drug-likeness (QED) is 0.694. The van der Waals surface area contributed by atoms with Crippen LogP contribution >= 0.6 is 0 Å². The van der Waals surface area contributed by atoms with Gasteiger partial charge in [0.15, 0.2) is 5.75 Å². The molecule has 0 aliphatic heterocycles. The van der Waals surface area contributed by atoms with E-state index >= 15 is 0 Å². The van der Waals surface area contributed by atoms with Gasteiger partial charge in [0.2, 0.25) is 0 Å². The topological polar surface area (TPSA) is 83.7 Å². The zero-order valence-corrected chi connectivity index (χ0v) is 11.6. The second kappa shape index (κ2) is 5.62. The van der Waals surface area contributed by atoms with Crippen molar-refractivity contribution in [3.8, 4) is 5.75 Å². The first-order chi connectivity index (χ1) is 9.91. The first-order valence-corrected chi connectivity index (χ1v) is 6.23. The molecule has 21 heavy (non-hydrogen) atoms. The number of aryl methyl sites for hydroxylation is 1. The molecule has 2 aromatic carbocycles. The number of carbonyl (C=O) groups is 1. The van der Waals surface area contributed by atoms with Gasteiger partial charge in [-0.2, -0.15) is 0 Å². The highest BCUT2D eigenvalue weighted by atomic mass is 16.6. The molecule has 0 saturated heterocycles. The molecule has 2 rings (SSSR count). The van der Waals surface area contributed by atoms with Crippen molar-refractivity contribution in [1.29, 1.82) is 0 Å². The minimum Gasteiger partial charge on any atom is -0.502 e. The Morgan fingerprint density at radius 2 is 1.90 bits per heavy atom. The van der Waals surface area contributed by atoms with Crippen molar-refractivity contribution in [2.45, 2.75) is 6.92 Å². The summed E-state index contributed by atoms with van der Waals surface area (Å²) in [5.41, 5.74) is 0.862. The molecule has 1 N–H and O–H groups in total. The SMILES string of the molecule is Cc1cccc(N(C)C(=O)c2cccc(O)c2[N+](=O)[O-])c1. The molecule has 0 saturated carbocycles. The van der Waals surface area contributed by atoms with Gasteiger partial charge in [0.05, 0.1) is 4.92 Å². The summed E-state index contributed by atoms with van der Waals surface area (Å²) in [4.78, 5) is 24.0. The number of hydrogen-bond donors (Lipinski definition) is 1. The molecule has 2 aromatic rings. The molecule has 0 spiro atoms. The maximum Gasteiger partial charge on any atom is 0.323 e. The van der Waals surface area contributed by atoms with Gasteiger partial charge >= 0.3 is 5.69 Å². The summed E-state index contributed by atoms with van der Waals surface area (Å²) in [7, 11) is 1.53. The molecule has 0 radical (unpaired) electrons. The van der Waals surface area contributed by atoms with Crippen molar-refractivity contribution in [3.63, 3.8) is 0 Å². The van der Waals surface area contributed by atoms with E-state index in [-0.39, 0.29) is 5.56 Å². The van der Waals surface area contributed by atoms with Crippen molar-refractivity contribution in [2.24, 2.45) is 0 Å². The summed E-state index contributed by atoms with van der Waals surface area (Å²) in [5, 5.41) is 20.6. The molecule has 6 nitrogen and oxygen atoms in total. The normalized spacial score (nSPS) is 10.2. The van der Waals surface area contributed by atoms with Gasteiger partial charge in [-0.15, -0.1) is 0 Å². The van der Waals surface area contributed by atoms with Crippen molar-refractivity contribution >= 4 is 17.3 Å². The van der Waals surface area contributed by atoms with Crippen LogP contribution in [0, 0.1) is 17.0 Å². The van der Waals surface area contributed by atoms with Crippen LogP contribution in [0.15, 0.2) is 42.5 Å². The van der Waals surface area contributed by atoms with Crippen LogP contribution in [0.4, 0.5) is 11.4 Å². The van der Waals surface area contributed by atoms with Gasteiger partial charge in [0, 0.05) is 12.7 Å². The number of aromatic hydroxyl groups is 1. The highest BCUT2D eigenvalue weighted by Gasteiger charge is 2.26. The van der Waals surface area contributed by atoms with Gasteiger partial charge < -0.3 is 10.0 Å². The molecule has 1 amide bonds. The fraction of sp³-hybridized carbons (Fsp3) is 0.133. The van der Waals surface area contributed by atoms with Crippen molar-refractivity contribution in [1.82, 2.24) is 0 Å². The van der Waals surface area contributed by atoms with Crippen LogP contribution in [-0.2, 0) is 0 Å². The lowest BCUT2D eigenvalue weighted by molar-refractivity contribution is -0.386. The van der Waals surface area contributed by atoms with Gasteiger partial charge in [-0.05, 0) is 36.8 Å².